The lowest BCUT2D eigenvalue weighted by molar-refractivity contribution is 0.0954. The Balaban J connectivity index is 1.65. The van der Waals surface area contributed by atoms with Crippen LogP contribution in [0.1, 0.15) is 16.1 Å². The maximum atomic E-state index is 12.1. The number of nitrogens with one attached hydrogen (secondary N) is 2. The number of amides is 1. The van der Waals surface area contributed by atoms with Gasteiger partial charge in [-0.2, -0.15) is 0 Å². The second-order valence-electron chi connectivity index (χ2n) is 4.73. The topological polar surface area (TPSA) is 44.9 Å². The minimum absolute atomic E-state index is 0.176. The second-order valence-corrected chi connectivity index (χ2v) is 5.14. The zero-order valence-corrected chi connectivity index (χ0v) is 12.4. The van der Waals surface area contributed by atoms with Crippen LogP contribution in [0.2, 0.25) is 5.02 Å². The number of hydrogen-bond acceptors (Lipinski definition) is 1. The van der Waals surface area contributed by atoms with Gasteiger partial charge in [0.15, 0.2) is 0 Å². The lowest BCUT2D eigenvalue weighted by Crippen LogP contribution is -2.23. The van der Waals surface area contributed by atoms with E-state index in [0.717, 1.165) is 16.5 Å². The largest absolute Gasteiger partial charge is 0.351 e. The molecular formula is C18H13ClN2O. The van der Waals surface area contributed by atoms with E-state index in [-0.39, 0.29) is 12.5 Å². The number of para-hydroxylation sites is 1. The van der Waals surface area contributed by atoms with Crippen molar-refractivity contribution >= 4 is 28.4 Å². The molecule has 22 heavy (non-hydrogen) atoms. The second kappa shape index (κ2) is 6.38. The number of rotatable bonds is 2. The van der Waals surface area contributed by atoms with Crippen molar-refractivity contribution in [3.63, 3.8) is 0 Å². The van der Waals surface area contributed by atoms with Gasteiger partial charge in [0.25, 0.3) is 5.91 Å². The standard InChI is InChI=1S/C18H13ClN2O/c19-15-9-3-1-6-13(15)8-5-11-20-18(22)17-12-14-7-2-4-10-16(14)21-17/h1-4,6-7,9-10,12,21H,11H2,(H,20,22). The molecule has 4 heteroatoms. The average Bonchev–Trinajstić information content (AvgIpc) is 2.97. The smallest absolute Gasteiger partial charge is 0.268 e. The van der Waals surface area contributed by atoms with E-state index in [0.29, 0.717) is 10.7 Å². The summed E-state index contributed by atoms with van der Waals surface area (Å²) in [4.78, 5) is 15.1. The maximum Gasteiger partial charge on any atom is 0.268 e. The molecule has 0 saturated heterocycles. The van der Waals surface area contributed by atoms with E-state index in [2.05, 4.69) is 22.1 Å². The first-order valence-corrected chi connectivity index (χ1v) is 7.21. The first-order valence-electron chi connectivity index (χ1n) is 6.83. The van der Waals surface area contributed by atoms with E-state index in [1.807, 2.05) is 48.5 Å². The predicted octanol–water partition coefficient (Wildman–Crippen LogP) is 3.60. The van der Waals surface area contributed by atoms with Crippen LogP contribution in [0.15, 0.2) is 54.6 Å². The molecule has 108 valence electrons. The first-order chi connectivity index (χ1) is 10.7. The Labute approximate surface area is 133 Å². The van der Waals surface area contributed by atoms with Gasteiger partial charge < -0.3 is 10.3 Å². The lowest BCUT2D eigenvalue weighted by atomic mass is 10.2. The molecule has 1 heterocycles. The molecular weight excluding hydrogens is 296 g/mol. The molecule has 0 radical (unpaired) electrons. The molecule has 0 unspecified atom stereocenters. The number of fused-ring (bicyclic) bond motifs is 1. The third-order valence-electron chi connectivity index (χ3n) is 3.21. The molecule has 1 aromatic heterocycles. The van der Waals surface area contributed by atoms with Crippen molar-refractivity contribution in [3.05, 3.63) is 70.9 Å². The summed E-state index contributed by atoms with van der Waals surface area (Å²) in [5.74, 6) is 5.66. The number of carbonyl (C=O) groups excluding carboxylic acids is 1. The molecule has 3 rings (SSSR count). The van der Waals surface area contributed by atoms with E-state index in [4.69, 9.17) is 11.6 Å². The molecule has 2 aromatic carbocycles. The van der Waals surface area contributed by atoms with Gasteiger partial charge in [-0.05, 0) is 24.3 Å². The molecule has 0 bridgehead atoms. The zero-order chi connectivity index (χ0) is 15.4. The predicted molar refractivity (Wildman–Crippen MR) is 89.0 cm³/mol. The fraction of sp³-hybridized carbons (Fsp3) is 0.0556. The quantitative estimate of drug-likeness (QED) is 0.698. The van der Waals surface area contributed by atoms with Gasteiger partial charge in [0, 0.05) is 16.5 Å². The van der Waals surface area contributed by atoms with Crippen LogP contribution in [-0.2, 0) is 0 Å². The summed E-state index contributed by atoms with van der Waals surface area (Å²) < 4.78 is 0. The summed E-state index contributed by atoms with van der Waals surface area (Å²) in [7, 11) is 0. The van der Waals surface area contributed by atoms with Crippen molar-refractivity contribution in [1.29, 1.82) is 0 Å². The summed E-state index contributed by atoms with van der Waals surface area (Å²) in [6.45, 7) is 0.263. The van der Waals surface area contributed by atoms with E-state index < -0.39 is 0 Å². The maximum absolute atomic E-state index is 12.1. The van der Waals surface area contributed by atoms with Crippen LogP contribution in [0.4, 0.5) is 0 Å². The van der Waals surface area contributed by atoms with Gasteiger partial charge in [0.2, 0.25) is 0 Å². The fourth-order valence-corrected chi connectivity index (χ4v) is 2.30. The molecule has 0 aliphatic heterocycles. The molecule has 3 aromatic rings. The number of H-pyrrole nitrogens is 1. The van der Waals surface area contributed by atoms with Crippen molar-refractivity contribution in [2.24, 2.45) is 0 Å². The Morgan fingerprint density at radius 2 is 1.91 bits per heavy atom. The number of halogens is 1. The van der Waals surface area contributed by atoms with Crippen LogP contribution in [0.5, 0.6) is 0 Å². The van der Waals surface area contributed by atoms with Crippen molar-refractivity contribution in [1.82, 2.24) is 10.3 Å². The van der Waals surface area contributed by atoms with Crippen molar-refractivity contribution in [2.75, 3.05) is 6.54 Å². The molecule has 3 nitrogen and oxygen atoms in total. The zero-order valence-electron chi connectivity index (χ0n) is 11.7. The molecule has 0 aliphatic carbocycles. The number of aromatic amines is 1. The summed E-state index contributed by atoms with van der Waals surface area (Å²) in [6, 6.07) is 16.9. The molecule has 0 saturated carbocycles. The lowest BCUT2D eigenvalue weighted by Gasteiger charge is -1.97. The monoisotopic (exact) mass is 308 g/mol. The van der Waals surface area contributed by atoms with Crippen molar-refractivity contribution in [2.45, 2.75) is 0 Å². The van der Waals surface area contributed by atoms with Crippen LogP contribution in [0, 0.1) is 11.8 Å². The van der Waals surface area contributed by atoms with E-state index >= 15 is 0 Å². The highest BCUT2D eigenvalue weighted by Gasteiger charge is 2.07. The molecule has 0 fully saturated rings. The Morgan fingerprint density at radius 1 is 1.14 bits per heavy atom. The summed E-state index contributed by atoms with van der Waals surface area (Å²) in [5.41, 5.74) is 2.22. The minimum Gasteiger partial charge on any atom is -0.351 e. The van der Waals surface area contributed by atoms with Crippen LogP contribution in [0.3, 0.4) is 0 Å². The van der Waals surface area contributed by atoms with Crippen LogP contribution < -0.4 is 5.32 Å². The van der Waals surface area contributed by atoms with Gasteiger partial charge in [-0.3, -0.25) is 4.79 Å². The van der Waals surface area contributed by atoms with Gasteiger partial charge in [0.05, 0.1) is 11.6 Å². The fourth-order valence-electron chi connectivity index (χ4n) is 2.12. The highest BCUT2D eigenvalue weighted by Crippen LogP contribution is 2.14. The van der Waals surface area contributed by atoms with E-state index in [9.17, 15) is 4.79 Å². The number of aromatic nitrogens is 1. The van der Waals surface area contributed by atoms with Gasteiger partial charge in [-0.15, -0.1) is 0 Å². The number of hydrogen-bond donors (Lipinski definition) is 2. The molecule has 0 spiro atoms. The number of benzene rings is 2. The molecule has 2 N–H and O–H groups in total. The number of carbonyl (C=O) groups is 1. The third-order valence-corrected chi connectivity index (χ3v) is 3.54. The van der Waals surface area contributed by atoms with E-state index in [1.165, 1.54) is 0 Å². The Morgan fingerprint density at radius 3 is 2.73 bits per heavy atom. The average molecular weight is 309 g/mol. The highest BCUT2D eigenvalue weighted by molar-refractivity contribution is 6.31. The van der Waals surface area contributed by atoms with Crippen molar-refractivity contribution < 1.29 is 4.79 Å². The van der Waals surface area contributed by atoms with Gasteiger partial charge in [-0.1, -0.05) is 53.8 Å². The normalized spacial score (nSPS) is 10.0. The molecule has 1 amide bonds. The summed E-state index contributed by atoms with van der Waals surface area (Å²) in [5, 5.41) is 4.38. The van der Waals surface area contributed by atoms with Crippen molar-refractivity contribution in [3.8, 4) is 11.8 Å². The van der Waals surface area contributed by atoms with Crippen LogP contribution in [0.25, 0.3) is 10.9 Å². The Kier molecular flexibility index (Phi) is 4.13. The Hall–Kier alpha value is -2.70. The highest BCUT2D eigenvalue weighted by atomic mass is 35.5. The van der Waals surface area contributed by atoms with Crippen LogP contribution >= 0.6 is 11.6 Å². The Bertz CT molecular complexity index is 853. The summed E-state index contributed by atoms with van der Waals surface area (Å²) in [6.07, 6.45) is 0. The van der Waals surface area contributed by atoms with Gasteiger partial charge in [-0.25, -0.2) is 0 Å². The van der Waals surface area contributed by atoms with E-state index in [1.54, 1.807) is 6.07 Å². The first kappa shape index (κ1) is 14.2. The van der Waals surface area contributed by atoms with Gasteiger partial charge in [0.1, 0.15) is 5.69 Å². The van der Waals surface area contributed by atoms with Gasteiger partial charge >= 0.3 is 0 Å². The summed E-state index contributed by atoms with van der Waals surface area (Å²) >= 11 is 6.01. The van der Waals surface area contributed by atoms with Crippen LogP contribution in [-0.4, -0.2) is 17.4 Å². The molecule has 0 aliphatic rings. The third kappa shape index (κ3) is 3.13. The molecule has 0 atom stereocenters. The SMILES string of the molecule is O=C(NCC#Cc1ccccc1Cl)c1cc2ccccc2[nH]1. The minimum atomic E-state index is -0.176.